The fraction of sp³-hybridized carbons (Fsp3) is 0.444. The molecular weight excluding hydrogens is 265 g/mol. The Balaban J connectivity index is 2.32. The number of methoxy groups -OCH3 is 1. The Morgan fingerprint density at radius 2 is 2.33 bits per heavy atom. The Morgan fingerprint density at radius 3 is 2.92 bits per heavy atom. The van der Waals surface area contributed by atoms with E-state index in [2.05, 4.69) is 33.6 Å². The predicted octanol–water partition coefficient (Wildman–Crippen LogP) is 2.51. The van der Waals surface area contributed by atoms with Gasteiger partial charge in [0.2, 0.25) is 5.88 Å². The van der Waals surface area contributed by atoms with Crippen LogP contribution in [0.2, 0.25) is 0 Å². The summed E-state index contributed by atoms with van der Waals surface area (Å²) in [4.78, 5) is 4.07. The number of hydrogen-bond acceptors (Lipinski definition) is 2. The highest BCUT2D eigenvalue weighted by Crippen LogP contribution is 2.54. The standard InChI is InChI=1S/C9H10INO/c1-12-8-6-7(2-5-11-8)9(10)3-4-9/h2,5-6H,3-4H2,1H3. The molecule has 1 aromatic rings. The van der Waals surface area contributed by atoms with Crippen molar-refractivity contribution in [1.82, 2.24) is 4.98 Å². The average Bonchev–Trinajstić information content (AvgIpc) is 2.85. The van der Waals surface area contributed by atoms with E-state index < -0.39 is 0 Å². The molecule has 64 valence electrons. The molecule has 0 amide bonds. The van der Waals surface area contributed by atoms with E-state index >= 15 is 0 Å². The van der Waals surface area contributed by atoms with Crippen LogP contribution in [0.5, 0.6) is 5.88 Å². The minimum atomic E-state index is 0.383. The molecule has 2 nitrogen and oxygen atoms in total. The van der Waals surface area contributed by atoms with E-state index in [1.807, 2.05) is 12.3 Å². The molecule has 1 heterocycles. The first-order valence-electron chi connectivity index (χ1n) is 3.94. The minimum absolute atomic E-state index is 0.383. The topological polar surface area (TPSA) is 22.1 Å². The average molecular weight is 275 g/mol. The molecular formula is C9H10INO. The van der Waals surface area contributed by atoms with Crippen molar-refractivity contribution in [3.05, 3.63) is 23.9 Å². The van der Waals surface area contributed by atoms with Gasteiger partial charge in [-0.3, -0.25) is 0 Å². The summed E-state index contributed by atoms with van der Waals surface area (Å²) in [5.74, 6) is 0.718. The Labute approximate surface area is 85.5 Å². The van der Waals surface area contributed by atoms with Crippen LogP contribution in [-0.2, 0) is 3.42 Å². The minimum Gasteiger partial charge on any atom is -0.481 e. The molecule has 2 rings (SSSR count). The smallest absolute Gasteiger partial charge is 0.213 e. The predicted molar refractivity (Wildman–Crippen MR) is 55.7 cm³/mol. The van der Waals surface area contributed by atoms with Gasteiger partial charge in [0.1, 0.15) is 0 Å². The van der Waals surface area contributed by atoms with Crippen LogP contribution < -0.4 is 4.74 Å². The lowest BCUT2D eigenvalue weighted by molar-refractivity contribution is 0.397. The molecule has 0 atom stereocenters. The first-order valence-corrected chi connectivity index (χ1v) is 5.02. The highest BCUT2D eigenvalue weighted by Gasteiger charge is 2.41. The van der Waals surface area contributed by atoms with E-state index in [0.29, 0.717) is 3.42 Å². The number of alkyl halides is 1. The highest BCUT2D eigenvalue weighted by atomic mass is 127. The molecule has 0 saturated heterocycles. The number of halogens is 1. The molecule has 0 aliphatic heterocycles. The largest absolute Gasteiger partial charge is 0.481 e. The van der Waals surface area contributed by atoms with Crippen LogP contribution >= 0.6 is 22.6 Å². The molecule has 0 unspecified atom stereocenters. The van der Waals surface area contributed by atoms with Crippen molar-refractivity contribution in [1.29, 1.82) is 0 Å². The third kappa shape index (κ3) is 1.42. The zero-order chi connectivity index (χ0) is 8.60. The van der Waals surface area contributed by atoms with Crippen LogP contribution in [0.1, 0.15) is 18.4 Å². The summed E-state index contributed by atoms with van der Waals surface area (Å²) in [5.41, 5.74) is 1.34. The molecule has 3 heteroatoms. The van der Waals surface area contributed by atoms with Gasteiger partial charge in [-0.05, 0) is 24.5 Å². The van der Waals surface area contributed by atoms with Crippen LogP contribution in [0.15, 0.2) is 18.3 Å². The summed E-state index contributed by atoms with van der Waals surface area (Å²) in [7, 11) is 1.65. The van der Waals surface area contributed by atoms with Crippen LogP contribution in [0.25, 0.3) is 0 Å². The van der Waals surface area contributed by atoms with Crippen molar-refractivity contribution in [3.63, 3.8) is 0 Å². The zero-order valence-corrected chi connectivity index (χ0v) is 9.04. The van der Waals surface area contributed by atoms with Gasteiger partial charge in [0.25, 0.3) is 0 Å². The van der Waals surface area contributed by atoms with E-state index in [-0.39, 0.29) is 0 Å². The van der Waals surface area contributed by atoms with Crippen LogP contribution in [-0.4, -0.2) is 12.1 Å². The van der Waals surface area contributed by atoms with Crippen LogP contribution in [0.3, 0.4) is 0 Å². The molecule has 1 aliphatic rings. The lowest BCUT2D eigenvalue weighted by Crippen LogP contribution is -1.96. The lowest BCUT2D eigenvalue weighted by Gasteiger charge is -2.07. The third-order valence-electron chi connectivity index (χ3n) is 2.15. The second-order valence-electron chi connectivity index (χ2n) is 3.05. The molecule has 0 spiro atoms. The van der Waals surface area contributed by atoms with E-state index in [1.165, 1.54) is 18.4 Å². The number of aromatic nitrogens is 1. The first kappa shape index (κ1) is 8.29. The van der Waals surface area contributed by atoms with Gasteiger partial charge in [-0.1, -0.05) is 22.6 Å². The Kier molecular flexibility index (Phi) is 1.98. The summed E-state index contributed by atoms with van der Waals surface area (Å²) < 4.78 is 5.45. The lowest BCUT2D eigenvalue weighted by atomic mass is 10.2. The van der Waals surface area contributed by atoms with E-state index in [4.69, 9.17) is 4.74 Å². The van der Waals surface area contributed by atoms with Crippen LogP contribution in [0, 0.1) is 0 Å². The Bertz CT molecular complexity index is 296. The number of pyridine rings is 1. The fourth-order valence-corrected chi connectivity index (χ4v) is 1.80. The van der Waals surface area contributed by atoms with Gasteiger partial charge in [0, 0.05) is 15.7 Å². The SMILES string of the molecule is COc1cc(C2(I)CC2)ccn1. The van der Waals surface area contributed by atoms with Gasteiger partial charge in [-0.2, -0.15) is 0 Å². The number of rotatable bonds is 2. The molecule has 0 N–H and O–H groups in total. The van der Waals surface area contributed by atoms with Crippen molar-refractivity contribution in [2.45, 2.75) is 16.3 Å². The van der Waals surface area contributed by atoms with Crippen molar-refractivity contribution in [2.75, 3.05) is 7.11 Å². The Morgan fingerprint density at radius 1 is 1.58 bits per heavy atom. The molecule has 1 aromatic heterocycles. The normalized spacial score (nSPS) is 18.8. The van der Waals surface area contributed by atoms with Crippen LogP contribution in [0.4, 0.5) is 0 Å². The first-order chi connectivity index (χ1) is 5.74. The molecule has 0 radical (unpaired) electrons. The molecule has 1 saturated carbocycles. The van der Waals surface area contributed by atoms with Crippen molar-refractivity contribution in [3.8, 4) is 5.88 Å². The van der Waals surface area contributed by atoms with E-state index in [0.717, 1.165) is 5.88 Å². The summed E-state index contributed by atoms with van der Waals surface area (Å²) in [6.07, 6.45) is 4.37. The van der Waals surface area contributed by atoms with E-state index in [1.54, 1.807) is 7.11 Å². The summed E-state index contributed by atoms with van der Waals surface area (Å²) >= 11 is 2.50. The maximum Gasteiger partial charge on any atom is 0.213 e. The summed E-state index contributed by atoms with van der Waals surface area (Å²) in [5, 5.41) is 0. The monoisotopic (exact) mass is 275 g/mol. The summed E-state index contributed by atoms with van der Waals surface area (Å²) in [6, 6.07) is 4.10. The Hall–Kier alpha value is -0.320. The quantitative estimate of drug-likeness (QED) is 0.611. The number of nitrogens with zero attached hydrogens (tertiary/aromatic N) is 1. The number of hydrogen-bond donors (Lipinski definition) is 0. The molecule has 12 heavy (non-hydrogen) atoms. The number of ether oxygens (including phenoxy) is 1. The van der Waals surface area contributed by atoms with Crippen molar-refractivity contribution >= 4 is 22.6 Å². The fourth-order valence-electron chi connectivity index (χ4n) is 1.20. The van der Waals surface area contributed by atoms with Gasteiger partial charge in [-0.25, -0.2) is 4.98 Å². The maximum atomic E-state index is 5.06. The second-order valence-corrected chi connectivity index (χ2v) is 5.12. The summed E-state index contributed by atoms with van der Waals surface area (Å²) in [6.45, 7) is 0. The molecule has 1 aliphatic carbocycles. The third-order valence-corrected chi connectivity index (χ3v) is 3.85. The van der Waals surface area contributed by atoms with Gasteiger partial charge < -0.3 is 4.74 Å². The molecule has 1 fully saturated rings. The van der Waals surface area contributed by atoms with Gasteiger partial charge >= 0.3 is 0 Å². The molecule has 0 aromatic carbocycles. The zero-order valence-electron chi connectivity index (χ0n) is 6.88. The van der Waals surface area contributed by atoms with Crippen molar-refractivity contribution < 1.29 is 4.74 Å². The van der Waals surface area contributed by atoms with Gasteiger partial charge in [0.15, 0.2) is 0 Å². The molecule has 0 bridgehead atoms. The van der Waals surface area contributed by atoms with Gasteiger partial charge in [-0.15, -0.1) is 0 Å². The van der Waals surface area contributed by atoms with Crippen molar-refractivity contribution in [2.24, 2.45) is 0 Å². The highest BCUT2D eigenvalue weighted by molar-refractivity contribution is 14.1. The maximum absolute atomic E-state index is 5.06. The van der Waals surface area contributed by atoms with E-state index in [9.17, 15) is 0 Å². The second kappa shape index (κ2) is 2.87. The van der Waals surface area contributed by atoms with Gasteiger partial charge in [0.05, 0.1) is 7.11 Å².